The molecule has 0 radical (unpaired) electrons. The van der Waals surface area contributed by atoms with Gasteiger partial charge < -0.3 is 5.73 Å². The van der Waals surface area contributed by atoms with E-state index in [4.69, 9.17) is 5.73 Å². The van der Waals surface area contributed by atoms with Crippen LogP contribution in [0, 0.1) is 5.92 Å². The Labute approximate surface area is 120 Å². The van der Waals surface area contributed by atoms with Crippen LogP contribution in [0.2, 0.25) is 0 Å². The fourth-order valence-electron chi connectivity index (χ4n) is 4.05. The van der Waals surface area contributed by atoms with Crippen LogP contribution in [0.3, 0.4) is 0 Å². The molecule has 104 valence electrons. The topological polar surface area (TPSA) is 29.3 Å². The standard InChI is InChI=1S/C18H22N2/c19-18(12-20-11-13-5-8-17(20)9-13)16-7-6-14-3-1-2-4-15(14)10-16/h1-4,6-7,10,13,17-18H,5,8-9,11-12,19H2. The van der Waals surface area contributed by atoms with E-state index in [1.54, 1.807) is 0 Å². The zero-order valence-electron chi connectivity index (χ0n) is 11.8. The van der Waals surface area contributed by atoms with Crippen molar-refractivity contribution in [1.29, 1.82) is 0 Å². The minimum atomic E-state index is 0.138. The van der Waals surface area contributed by atoms with Crippen LogP contribution in [0.4, 0.5) is 0 Å². The molecule has 20 heavy (non-hydrogen) atoms. The molecular formula is C18H22N2. The first-order valence-corrected chi connectivity index (χ1v) is 7.78. The molecule has 2 fully saturated rings. The molecule has 2 heteroatoms. The van der Waals surface area contributed by atoms with E-state index < -0.39 is 0 Å². The summed E-state index contributed by atoms with van der Waals surface area (Å²) in [6.07, 6.45) is 4.23. The van der Waals surface area contributed by atoms with Crippen molar-refractivity contribution >= 4 is 10.8 Å². The van der Waals surface area contributed by atoms with E-state index in [-0.39, 0.29) is 6.04 Å². The van der Waals surface area contributed by atoms with Gasteiger partial charge in [0.2, 0.25) is 0 Å². The number of likely N-dealkylation sites (tertiary alicyclic amines) is 1. The molecular weight excluding hydrogens is 244 g/mol. The van der Waals surface area contributed by atoms with Crippen molar-refractivity contribution < 1.29 is 0 Å². The first kappa shape index (κ1) is 12.4. The lowest BCUT2D eigenvalue weighted by Crippen LogP contribution is -2.37. The summed E-state index contributed by atoms with van der Waals surface area (Å²) in [5.74, 6) is 0.948. The number of benzene rings is 2. The van der Waals surface area contributed by atoms with Gasteiger partial charge in [-0.15, -0.1) is 0 Å². The van der Waals surface area contributed by atoms with Crippen LogP contribution in [-0.2, 0) is 0 Å². The maximum atomic E-state index is 6.46. The zero-order valence-corrected chi connectivity index (χ0v) is 11.8. The van der Waals surface area contributed by atoms with Crippen LogP contribution in [0.1, 0.15) is 30.9 Å². The van der Waals surface area contributed by atoms with Gasteiger partial charge in [-0.2, -0.15) is 0 Å². The molecule has 0 aromatic heterocycles. The minimum absolute atomic E-state index is 0.138. The Morgan fingerprint density at radius 3 is 2.70 bits per heavy atom. The third-order valence-electron chi connectivity index (χ3n) is 5.16. The maximum Gasteiger partial charge on any atom is 0.0424 e. The molecule has 4 rings (SSSR count). The molecule has 3 atom stereocenters. The van der Waals surface area contributed by atoms with Crippen LogP contribution in [-0.4, -0.2) is 24.0 Å². The van der Waals surface area contributed by atoms with Gasteiger partial charge in [0.25, 0.3) is 0 Å². The van der Waals surface area contributed by atoms with E-state index in [2.05, 4.69) is 47.4 Å². The number of nitrogens with two attached hydrogens (primary N) is 1. The van der Waals surface area contributed by atoms with Gasteiger partial charge >= 0.3 is 0 Å². The van der Waals surface area contributed by atoms with Crippen LogP contribution < -0.4 is 5.73 Å². The minimum Gasteiger partial charge on any atom is -0.323 e. The third-order valence-corrected chi connectivity index (χ3v) is 5.16. The summed E-state index contributed by atoms with van der Waals surface area (Å²) in [6.45, 7) is 2.28. The van der Waals surface area contributed by atoms with Crippen LogP contribution in [0.5, 0.6) is 0 Å². The molecule has 0 spiro atoms. The number of hydrogen-bond donors (Lipinski definition) is 1. The van der Waals surface area contributed by atoms with E-state index in [0.29, 0.717) is 0 Å². The van der Waals surface area contributed by atoms with Gasteiger partial charge in [-0.3, -0.25) is 4.90 Å². The van der Waals surface area contributed by atoms with Crippen LogP contribution in [0.15, 0.2) is 42.5 Å². The molecule has 2 aliphatic rings. The second-order valence-corrected chi connectivity index (χ2v) is 6.50. The Bertz CT molecular complexity index is 622. The molecule has 2 nitrogen and oxygen atoms in total. The van der Waals surface area contributed by atoms with Crippen molar-refractivity contribution in [2.45, 2.75) is 31.3 Å². The molecule has 0 amide bonds. The van der Waals surface area contributed by atoms with Crippen LogP contribution >= 0.6 is 0 Å². The van der Waals surface area contributed by atoms with E-state index in [1.165, 1.54) is 42.1 Å². The van der Waals surface area contributed by atoms with Crippen molar-refractivity contribution in [2.75, 3.05) is 13.1 Å². The molecule has 2 bridgehead atoms. The molecule has 1 aliphatic carbocycles. The highest BCUT2D eigenvalue weighted by molar-refractivity contribution is 5.83. The number of nitrogens with zero attached hydrogens (tertiary/aromatic N) is 1. The molecule has 2 N–H and O–H groups in total. The third kappa shape index (κ3) is 2.13. The lowest BCUT2D eigenvalue weighted by atomic mass is 10.0. The quantitative estimate of drug-likeness (QED) is 0.923. The van der Waals surface area contributed by atoms with Gasteiger partial charge in [0.1, 0.15) is 0 Å². The highest BCUT2D eigenvalue weighted by Gasteiger charge is 2.38. The normalized spacial score (nSPS) is 27.2. The number of hydrogen-bond acceptors (Lipinski definition) is 2. The fourth-order valence-corrected chi connectivity index (χ4v) is 4.05. The highest BCUT2D eigenvalue weighted by atomic mass is 15.2. The maximum absolute atomic E-state index is 6.46. The Hall–Kier alpha value is -1.38. The fraction of sp³-hybridized carbons (Fsp3) is 0.444. The van der Waals surface area contributed by atoms with Gasteiger partial charge in [-0.05, 0) is 47.6 Å². The second kappa shape index (κ2) is 4.87. The predicted octanol–water partition coefficient (Wildman–Crippen LogP) is 3.32. The molecule has 2 aromatic carbocycles. The molecule has 1 aliphatic heterocycles. The van der Waals surface area contributed by atoms with Crippen molar-refractivity contribution in [3.63, 3.8) is 0 Å². The van der Waals surface area contributed by atoms with Gasteiger partial charge in [0, 0.05) is 25.2 Å². The zero-order chi connectivity index (χ0) is 13.5. The van der Waals surface area contributed by atoms with E-state index >= 15 is 0 Å². The summed E-state index contributed by atoms with van der Waals surface area (Å²) in [5.41, 5.74) is 7.73. The van der Waals surface area contributed by atoms with Gasteiger partial charge in [0.05, 0.1) is 0 Å². The number of piperidine rings is 1. The number of rotatable bonds is 3. The molecule has 1 saturated carbocycles. The van der Waals surface area contributed by atoms with Gasteiger partial charge in [0.15, 0.2) is 0 Å². The summed E-state index contributed by atoms with van der Waals surface area (Å²) in [5, 5.41) is 2.59. The predicted molar refractivity (Wildman–Crippen MR) is 83.6 cm³/mol. The lowest BCUT2D eigenvalue weighted by molar-refractivity contribution is 0.202. The van der Waals surface area contributed by atoms with Gasteiger partial charge in [-0.1, -0.05) is 36.4 Å². The van der Waals surface area contributed by atoms with Crippen molar-refractivity contribution in [3.8, 4) is 0 Å². The van der Waals surface area contributed by atoms with Crippen molar-refractivity contribution in [1.82, 2.24) is 4.90 Å². The van der Waals surface area contributed by atoms with E-state index in [1.807, 2.05) is 0 Å². The first-order valence-electron chi connectivity index (χ1n) is 7.78. The summed E-state index contributed by atoms with van der Waals surface area (Å²) in [7, 11) is 0. The van der Waals surface area contributed by atoms with Crippen molar-refractivity contribution in [3.05, 3.63) is 48.0 Å². The van der Waals surface area contributed by atoms with Gasteiger partial charge in [-0.25, -0.2) is 0 Å². The Morgan fingerprint density at radius 2 is 1.95 bits per heavy atom. The highest BCUT2D eigenvalue weighted by Crippen LogP contribution is 2.38. The summed E-state index contributed by atoms with van der Waals surface area (Å²) < 4.78 is 0. The molecule has 1 saturated heterocycles. The SMILES string of the molecule is NC(CN1CC2CCC1C2)c1ccc2ccccc2c1. The van der Waals surface area contributed by atoms with Crippen molar-refractivity contribution in [2.24, 2.45) is 11.7 Å². The largest absolute Gasteiger partial charge is 0.323 e. The summed E-state index contributed by atoms with van der Waals surface area (Å²) in [4.78, 5) is 2.62. The number of fused-ring (bicyclic) bond motifs is 3. The first-order chi connectivity index (χ1) is 9.79. The smallest absolute Gasteiger partial charge is 0.0424 e. The summed E-state index contributed by atoms with van der Waals surface area (Å²) in [6, 6.07) is 16.1. The lowest BCUT2D eigenvalue weighted by Gasteiger charge is -2.29. The van der Waals surface area contributed by atoms with E-state index in [9.17, 15) is 0 Å². The van der Waals surface area contributed by atoms with Crippen LogP contribution in [0.25, 0.3) is 10.8 Å². The average molecular weight is 266 g/mol. The average Bonchev–Trinajstić information content (AvgIpc) is 3.09. The molecule has 3 unspecified atom stereocenters. The Kier molecular flexibility index (Phi) is 3.01. The Balaban J connectivity index is 1.53. The molecule has 1 heterocycles. The van der Waals surface area contributed by atoms with E-state index in [0.717, 1.165) is 18.5 Å². The molecule has 2 aromatic rings. The second-order valence-electron chi connectivity index (χ2n) is 6.50. The monoisotopic (exact) mass is 266 g/mol. The Morgan fingerprint density at radius 1 is 1.10 bits per heavy atom. The summed E-state index contributed by atoms with van der Waals surface area (Å²) >= 11 is 0.